The summed E-state index contributed by atoms with van der Waals surface area (Å²) >= 11 is 0. The van der Waals surface area contributed by atoms with E-state index >= 15 is 0 Å². The average Bonchev–Trinajstić information content (AvgIpc) is 3.10. The summed E-state index contributed by atoms with van der Waals surface area (Å²) in [5.74, 6) is -0.221. The predicted molar refractivity (Wildman–Crippen MR) is 144 cm³/mol. The quantitative estimate of drug-likeness (QED) is 0.380. The molecule has 39 heavy (non-hydrogen) atoms. The van der Waals surface area contributed by atoms with Crippen LogP contribution < -0.4 is 21.5 Å². The SMILES string of the molecule is Cc1cc(C(=O)N2CCNC(=O)CC2)ccc1-c1cccc(COc2ccc(Cn3oc(=O)[nH]c3=O)cc2)c1. The molecule has 1 aliphatic rings. The fourth-order valence-corrected chi connectivity index (χ4v) is 4.54. The van der Waals surface area contributed by atoms with Gasteiger partial charge in [0, 0.05) is 31.6 Å². The molecule has 1 saturated heterocycles. The molecule has 0 unspecified atom stereocenters. The van der Waals surface area contributed by atoms with Gasteiger partial charge in [0.25, 0.3) is 5.91 Å². The van der Waals surface area contributed by atoms with Crippen molar-refractivity contribution >= 4 is 11.8 Å². The molecule has 2 N–H and O–H groups in total. The van der Waals surface area contributed by atoms with Crippen molar-refractivity contribution in [1.82, 2.24) is 19.9 Å². The van der Waals surface area contributed by atoms with Crippen molar-refractivity contribution in [3.63, 3.8) is 0 Å². The lowest BCUT2D eigenvalue weighted by molar-refractivity contribution is -0.120. The minimum Gasteiger partial charge on any atom is -0.489 e. The van der Waals surface area contributed by atoms with Crippen molar-refractivity contribution in [2.75, 3.05) is 19.6 Å². The number of ether oxygens (including phenoxy) is 1. The van der Waals surface area contributed by atoms with Gasteiger partial charge in [0.05, 0.1) is 6.54 Å². The van der Waals surface area contributed by atoms with E-state index in [1.807, 2.05) is 43.3 Å². The Bertz CT molecular complexity index is 1620. The van der Waals surface area contributed by atoms with Gasteiger partial charge in [-0.25, -0.2) is 14.6 Å². The minimum atomic E-state index is -0.786. The van der Waals surface area contributed by atoms with Gasteiger partial charge in [-0.05, 0) is 65.1 Å². The smallest absolute Gasteiger partial charge is 0.440 e. The van der Waals surface area contributed by atoms with Crippen molar-refractivity contribution < 1.29 is 18.8 Å². The molecule has 0 spiro atoms. The maximum absolute atomic E-state index is 13.0. The third-order valence-electron chi connectivity index (χ3n) is 6.59. The number of aromatic amines is 1. The summed E-state index contributed by atoms with van der Waals surface area (Å²) in [6.45, 7) is 3.86. The van der Waals surface area contributed by atoms with Crippen LogP contribution in [0.4, 0.5) is 0 Å². The second kappa shape index (κ2) is 11.3. The Morgan fingerprint density at radius 1 is 0.974 bits per heavy atom. The normalized spacial score (nSPS) is 13.6. The number of H-pyrrole nitrogens is 1. The van der Waals surface area contributed by atoms with Gasteiger partial charge in [0.2, 0.25) is 5.91 Å². The monoisotopic (exact) mass is 528 g/mol. The Hall–Kier alpha value is -4.86. The standard InChI is InChI=1S/C29H28N4O6/c1-19-15-23(27(35)32-13-11-26(34)30-12-14-32)7-10-25(19)22-4-2-3-21(16-22)18-38-24-8-5-20(6-9-24)17-33-28(36)31-29(37)39-33/h2-10,15-16H,11-14,17-18H2,1H3,(H,30,34)(H,31,36,37). The highest BCUT2D eigenvalue weighted by Gasteiger charge is 2.20. The number of carbonyl (C=O) groups excluding carboxylic acids is 2. The van der Waals surface area contributed by atoms with Gasteiger partial charge < -0.3 is 19.5 Å². The molecule has 3 aromatic carbocycles. The Morgan fingerprint density at radius 2 is 1.79 bits per heavy atom. The van der Waals surface area contributed by atoms with Gasteiger partial charge >= 0.3 is 11.4 Å². The fraction of sp³-hybridized carbons (Fsp3) is 0.241. The largest absolute Gasteiger partial charge is 0.489 e. The summed E-state index contributed by atoms with van der Waals surface area (Å²) < 4.78 is 11.7. The molecule has 0 aliphatic carbocycles. The molecule has 10 nitrogen and oxygen atoms in total. The van der Waals surface area contributed by atoms with Crippen LogP contribution in [0.2, 0.25) is 0 Å². The maximum atomic E-state index is 13.0. The number of nitrogens with zero attached hydrogens (tertiary/aromatic N) is 2. The number of hydrogen-bond donors (Lipinski definition) is 2. The average molecular weight is 529 g/mol. The van der Waals surface area contributed by atoms with Crippen LogP contribution in [0.3, 0.4) is 0 Å². The van der Waals surface area contributed by atoms with E-state index in [4.69, 9.17) is 9.26 Å². The van der Waals surface area contributed by atoms with Crippen LogP contribution >= 0.6 is 0 Å². The molecule has 0 radical (unpaired) electrons. The number of benzene rings is 3. The van der Waals surface area contributed by atoms with Crippen molar-refractivity contribution in [3.8, 4) is 16.9 Å². The van der Waals surface area contributed by atoms with Crippen molar-refractivity contribution in [1.29, 1.82) is 0 Å². The molecule has 0 bridgehead atoms. The molecular formula is C29H28N4O6. The second-order valence-electron chi connectivity index (χ2n) is 9.40. The van der Waals surface area contributed by atoms with Gasteiger partial charge in [0.1, 0.15) is 12.4 Å². The highest BCUT2D eigenvalue weighted by atomic mass is 16.5. The molecule has 1 aliphatic heterocycles. The summed E-state index contributed by atoms with van der Waals surface area (Å²) in [6.07, 6.45) is 0.316. The molecule has 2 amide bonds. The Morgan fingerprint density at radius 3 is 2.54 bits per heavy atom. The first-order valence-electron chi connectivity index (χ1n) is 12.6. The van der Waals surface area contributed by atoms with E-state index in [2.05, 4.69) is 16.4 Å². The van der Waals surface area contributed by atoms with Gasteiger partial charge in [-0.2, -0.15) is 0 Å². The first kappa shape index (κ1) is 25.8. The molecule has 2 heterocycles. The Kier molecular flexibility index (Phi) is 7.44. The van der Waals surface area contributed by atoms with Crippen LogP contribution in [-0.2, 0) is 17.9 Å². The molecule has 10 heteroatoms. The van der Waals surface area contributed by atoms with E-state index in [-0.39, 0.29) is 18.4 Å². The maximum Gasteiger partial charge on any atom is 0.440 e. The van der Waals surface area contributed by atoms with E-state index in [9.17, 15) is 19.2 Å². The molecular weight excluding hydrogens is 500 g/mol. The first-order valence-corrected chi connectivity index (χ1v) is 12.6. The van der Waals surface area contributed by atoms with Crippen LogP contribution in [0.25, 0.3) is 11.1 Å². The molecule has 200 valence electrons. The van der Waals surface area contributed by atoms with E-state index in [1.165, 1.54) is 0 Å². The van der Waals surface area contributed by atoms with Crippen LogP contribution in [0.5, 0.6) is 5.75 Å². The molecule has 4 aromatic rings. The van der Waals surface area contributed by atoms with Gasteiger partial charge in [-0.3, -0.25) is 9.59 Å². The lowest BCUT2D eigenvalue weighted by Gasteiger charge is -2.20. The zero-order valence-electron chi connectivity index (χ0n) is 21.4. The summed E-state index contributed by atoms with van der Waals surface area (Å²) in [5.41, 5.74) is 4.81. The minimum absolute atomic E-state index is 0.0282. The molecule has 1 fully saturated rings. The Labute approximate surface area is 223 Å². The topological polar surface area (TPSA) is 127 Å². The first-order chi connectivity index (χ1) is 18.9. The molecule has 0 atom stereocenters. The number of nitrogens with one attached hydrogen (secondary N) is 2. The highest BCUT2D eigenvalue weighted by Crippen LogP contribution is 2.26. The molecule has 1 aromatic heterocycles. The highest BCUT2D eigenvalue weighted by molar-refractivity contribution is 5.95. The number of hydrogen-bond acceptors (Lipinski definition) is 6. The van der Waals surface area contributed by atoms with Gasteiger partial charge in [0.15, 0.2) is 0 Å². The number of carbonyl (C=O) groups is 2. The summed E-state index contributed by atoms with van der Waals surface area (Å²) in [7, 11) is 0. The van der Waals surface area contributed by atoms with Gasteiger partial charge in [-0.15, -0.1) is 4.74 Å². The van der Waals surface area contributed by atoms with Crippen molar-refractivity contribution in [2.45, 2.75) is 26.5 Å². The van der Waals surface area contributed by atoms with Crippen LogP contribution in [0.15, 0.2) is 80.8 Å². The Balaban J connectivity index is 1.23. The lowest BCUT2D eigenvalue weighted by Crippen LogP contribution is -2.34. The number of rotatable bonds is 7. The predicted octanol–water partition coefficient (Wildman–Crippen LogP) is 2.69. The number of amides is 2. The fourth-order valence-electron chi connectivity index (χ4n) is 4.54. The summed E-state index contributed by atoms with van der Waals surface area (Å²) in [5, 5.41) is 2.79. The summed E-state index contributed by atoms with van der Waals surface area (Å²) in [6, 6.07) is 20.9. The van der Waals surface area contributed by atoms with E-state index in [0.29, 0.717) is 44.0 Å². The van der Waals surface area contributed by atoms with Crippen LogP contribution in [-0.4, -0.2) is 46.1 Å². The summed E-state index contributed by atoms with van der Waals surface area (Å²) in [4.78, 5) is 51.1. The number of aryl methyl sites for hydroxylation is 1. The van der Waals surface area contributed by atoms with E-state index in [0.717, 1.165) is 32.6 Å². The zero-order chi connectivity index (χ0) is 27.4. The lowest BCUT2D eigenvalue weighted by atomic mass is 9.97. The molecule has 5 rings (SSSR count). The van der Waals surface area contributed by atoms with E-state index in [1.54, 1.807) is 29.2 Å². The van der Waals surface area contributed by atoms with Crippen LogP contribution in [0.1, 0.15) is 33.5 Å². The number of aromatic nitrogens is 2. The molecule has 0 saturated carbocycles. The zero-order valence-corrected chi connectivity index (χ0v) is 21.4. The van der Waals surface area contributed by atoms with Gasteiger partial charge in [-0.1, -0.05) is 36.4 Å². The van der Waals surface area contributed by atoms with Crippen molar-refractivity contribution in [3.05, 3.63) is 110 Å². The third kappa shape index (κ3) is 6.18. The van der Waals surface area contributed by atoms with Crippen LogP contribution in [0, 0.1) is 6.92 Å². The second-order valence-corrected chi connectivity index (χ2v) is 9.40. The van der Waals surface area contributed by atoms with E-state index < -0.39 is 11.4 Å². The van der Waals surface area contributed by atoms with Crippen molar-refractivity contribution in [2.24, 2.45) is 0 Å². The third-order valence-corrected chi connectivity index (χ3v) is 6.59.